The van der Waals surface area contributed by atoms with Crippen LogP contribution in [0.3, 0.4) is 0 Å². The maximum absolute atomic E-state index is 11.9. The SMILES string of the molecule is Cc1cc(-c2cccc(C(=O)N(C)C)n2)n(C)n1. The molecule has 0 fully saturated rings. The van der Waals surface area contributed by atoms with Crippen LogP contribution < -0.4 is 0 Å². The molecule has 94 valence electrons. The van der Waals surface area contributed by atoms with Gasteiger partial charge in [-0.05, 0) is 25.1 Å². The van der Waals surface area contributed by atoms with E-state index in [1.807, 2.05) is 32.2 Å². The normalized spacial score (nSPS) is 10.4. The van der Waals surface area contributed by atoms with E-state index in [0.717, 1.165) is 17.1 Å². The molecule has 0 bridgehead atoms. The van der Waals surface area contributed by atoms with Crippen LogP contribution in [0.4, 0.5) is 0 Å². The summed E-state index contributed by atoms with van der Waals surface area (Å²) in [6.07, 6.45) is 0. The smallest absolute Gasteiger partial charge is 0.271 e. The lowest BCUT2D eigenvalue weighted by molar-refractivity contribution is 0.0822. The molecule has 0 aliphatic rings. The molecule has 2 heterocycles. The largest absolute Gasteiger partial charge is 0.343 e. The van der Waals surface area contributed by atoms with Gasteiger partial charge in [-0.2, -0.15) is 5.10 Å². The van der Waals surface area contributed by atoms with Crippen molar-refractivity contribution in [2.45, 2.75) is 6.92 Å². The van der Waals surface area contributed by atoms with Crippen LogP contribution >= 0.6 is 0 Å². The molecule has 2 rings (SSSR count). The predicted molar refractivity (Wildman–Crippen MR) is 69.2 cm³/mol. The number of pyridine rings is 1. The molecule has 0 aliphatic heterocycles. The number of hydrogen-bond acceptors (Lipinski definition) is 3. The Hall–Kier alpha value is -2.17. The summed E-state index contributed by atoms with van der Waals surface area (Å²) < 4.78 is 1.77. The molecule has 0 atom stereocenters. The summed E-state index contributed by atoms with van der Waals surface area (Å²) in [6.45, 7) is 1.93. The van der Waals surface area contributed by atoms with Gasteiger partial charge in [-0.15, -0.1) is 0 Å². The Kier molecular flexibility index (Phi) is 3.14. The van der Waals surface area contributed by atoms with Gasteiger partial charge in [0.2, 0.25) is 0 Å². The van der Waals surface area contributed by atoms with E-state index >= 15 is 0 Å². The molecule has 0 saturated heterocycles. The van der Waals surface area contributed by atoms with Crippen molar-refractivity contribution in [2.24, 2.45) is 7.05 Å². The number of aryl methyl sites for hydroxylation is 2. The van der Waals surface area contributed by atoms with Gasteiger partial charge < -0.3 is 4.90 Å². The highest BCUT2D eigenvalue weighted by atomic mass is 16.2. The first-order valence-corrected chi connectivity index (χ1v) is 5.69. The van der Waals surface area contributed by atoms with Gasteiger partial charge in [-0.25, -0.2) is 4.98 Å². The molecular weight excluding hydrogens is 228 g/mol. The highest BCUT2D eigenvalue weighted by molar-refractivity contribution is 5.92. The van der Waals surface area contributed by atoms with E-state index in [9.17, 15) is 4.79 Å². The molecule has 2 aromatic rings. The summed E-state index contributed by atoms with van der Waals surface area (Å²) in [6, 6.07) is 7.38. The van der Waals surface area contributed by atoms with E-state index < -0.39 is 0 Å². The van der Waals surface area contributed by atoms with Gasteiger partial charge in [-0.3, -0.25) is 9.48 Å². The predicted octanol–water partition coefficient (Wildman–Crippen LogP) is 1.49. The molecule has 5 nitrogen and oxygen atoms in total. The summed E-state index contributed by atoms with van der Waals surface area (Å²) in [5.41, 5.74) is 3.03. The quantitative estimate of drug-likeness (QED) is 0.804. The Bertz CT molecular complexity index is 586. The third kappa shape index (κ3) is 2.25. The highest BCUT2D eigenvalue weighted by Gasteiger charge is 2.12. The average Bonchev–Trinajstić information content (AvgIpc) is 2.67. The Labute approximate surface area is 106 Å². The summed E-state index contributed by atoms with van der Waals surface area (Å²) in [5.74, 6) is -0.101. The van der Waals surface area contributed by atoms with Crippen LogP contribution in [-0.4, -0.2) is 39.7 Å². The molecular formula is C13H16N4O. The van der Waals surface area contributed by atoms with E-state index in [-0.39, 0.29) is 5.91 Å². The molecule has 0 spiro atoms. The Morgan fingerprint density at radius 2 is 2.06 bits per heavy atom. The number of hydrogen-bond donors (Lipinski definition) is 0. The fraction of sp³-hybridized carbons (Fsp3) is 0.308. The maximum atomic E-state index is 11.9. The molecule has 0 unspecified atom stereocenters. The van der Waals surface area contributed by atoms with E-state index in [1.54, 1.807) is 24.8 Å². The van der Waals surface area contributed by atoms with Crippen molar-refractivity contribution >= 4 is 5.91 Å². The maximum Gasteiger partial charge on any atom is 0.271 e. The van der Waals surface area contributed by atoms with E-state index in [1.165, 1.54) is 4.90 Å². The minimum atomic E-state index is -0.101. The second-order valence-corrected chi connectivity index (χ2v) is 4.40. The third-order valence-electron chi connectivity index (χ3n) is 2.64. The van der Waals surface area contributed by atoms with Crippen molar-refractivity contribution in [3.05, 3.63) is 35.7 Å². The van der Waals surface area contributed by atoms with Gasteiger partial charge in [0.1, 0.15) is 5.69 Å². The summed E-state index contributed by atoms with van der Waals surface area (Å²) in [4.78, 5) is 17.8. The van der Waals surface area contributed by atoms with Crippen molar-refractivity contribution < 1.29 is 4.79 Å². The van der Waals surface area contributed by atoms with Gasteiger partial charge in [-0.1, -0.05) is 6.07 Å². The zero-order valence-electron chi connectivity index (χ0n) is 11.0. The van der Waals surface area contributed by atoms with Crippen LogP contribution in [0.15, 0.2) is 24.3 Å². The number of amides is 1. The van der Waals surface area contributed by atoms with Gasteiger partial charge in [0.15, 0.2) is 0 Å². The number of nitrogens with zero attached hydrogens (tertiary/aromatic N) is 4. The first-order chi connectivity index (χ1) is 8.49. The molecule has 2 aromatic heterocycles. The van der Waals surface area contributed by atoms with E-state index in [4.69, 9.17) is 0 Å². The van der Waals surface area contributed by atoms with Crippen LogP contribution in [0.1, 0.15) is 16.2 Å². The topological polar surface area (TPSA) is 51.0 Å². The number of carbonyl (C=O) groups excluding carboxylic acids is 1. The van der Waals surface area contributed by atoms with Crippen molar-refractivity contribution in [1.29, 1.82) is 0 Å². The molecule has 5 heteroatoms. The Morgan fingerprint density at radius 1 is 1.33 bits per heavy atom. The van der Waals surface area contributed by atoms with Crippen LogP contribution in [0.25, 0.3) is 11.4 Å². The second kappa shape index (κ2) is 4.60. The van der Waals surface area contributed by atoms with E-state index in [0.29, 0.717) is 5.69 Å². The van der Waals surface area contributed by atoms with Crippen LogP contribution in [0.5, 0.6) is 0 Å². The van der Waals surface area contributed by atoms with Crippen molar-refractivity contribution in [3.8, 4) is 11.4 Å². The Balaban J connectivity index is 2.45. The lowest BCUT2D eigenvalue weighted by Crippen LogP contribution is -2.22. The van der Waals surface area contributed by atoms with Crippen LogP contribution in [0.2, 0.25) is 0 Å². The Morgan fingerprint density at radius 3 is 2.61 bits per heavy atom. The second-order valence-electron chi connectivity index (χ2n) is 4.40. The van der Waals surface area contributed by atoms with Gasteiger partial charge in [0.25, 0.3) is 5.91 Å². The van der Waals surface area contributed by atoms with Gasteiger partial charge in [0, 0.05) is 21.1 Å². The third-order valence-corrected chi connectivity index (χ3v) is 2.64. The highest BCUT2D eigenvalue weighted by Crippen LogP contribution is 2.17. The van der Waals surface area contributed by atoms with Crippen LogP contribution in [-0.2, 0) is 7.05 Å². The number of aromatic nitrogens is 3. The number of rotatable bonds is 2. The van der Waals surface area contributed by atoms with Crippen molar-refractivity contribution in [3.63, 3.8) is 0 Å². The molecule has 1 amide bonds. The lowest BCUT2D eigenvalue weighted by Gasteiger charge is -2.10. The fourth-order valence-corrected chi connectivity index (χ4v) is 1.78. The average molecular weight is 244 g/mol. The zero-order chi connectivity index (χ0) is 13.3. The molecule has 0 aromatic carbocycles. The van der Waals surface area contributed by atoms with Crippen molar-refractivity contribution in [1.82, 2.24) is 19.7 Å². The summed E-state index contributed by atoms with van der Waals surface area (Å²) in [5, 5.41) is 4.28. The fourth-order valence-electron chi connectivity index (χ4n) is 1.78. The first kappa shape index (κ1) is 12.3. The zero-order valence-corrected chi connectivity index (χ0v) is 11.0. The van der Waals surface area contributed by atoms with Crippen LogP contribution in [0, 0.1) is 6.92 Å². The minimum Gasteiger partial charge on any atom is -0.343 e. The molecule has 0 aliphatic carbocycles. The molecule has 0 N–H and O–H groups in total. The van der Waals surface area contributed by atoms with Gasteiger partial charge >= 0.3 is 0 Å². The van der Waals surface area contributed by atoms with Gasteiger partial charge in [0.05, 0.1) is 17.1 Å². The monoisotopic (exact) mass is 244 g/mol. The molecule has 0 radical (unpaired) electrons. The first-order valence-electron chi connectivity index (χ1n) is 5.69. The minimum absolute atomic E-state index is 0.101. The van der Waals surface area contributed by atoms with E-state index in [2.05, 4.69) is 10.1 Å². The van der Waals surface area contributed by atoms with Crippen molar-refractivity contribution in [2.75, 3.05) is 14.1 Å². The summed E-state index contributed by atoms with van der Waals surface area (Å²) in [7, 11) is 5.29. The summed E-state index contributed by atoms with van der Waals surface area (Å²) >= 11 is 0. The standard InChI is InChI=1S/C13H16N4O/c1-9-8-12(17(4)15-9)10-6-5-7-11(14-10)13(18)16(2)3/h5-8H,1-4H3. The molecule has 18 heavy (non-hydrogen) atoms. The lowest BCUT2D eigenvalue weighted by atomic mass is 10.2. The molecule has 0 saturated carbocycles. The number of carbonyl (C=O) groups is 1.